The molecule has 1 N–H and O–H groups in total. The standard InChI is InChI=1S/C15H33NO2S/c1-12(2)16-11-13(14(3,4)5)9-10-19(17,18)15(6,7)8/h12-13,16H,9-11H2,1-8H3. The van der Waals surface area contributed by atoms with E-state index in [2.05, 4.69) is 39.9 Å². The quantitative estimate of drug-likeness (QED) is 0.817. The van der Waals surface area contributed by atoms with Crippen LogP contribution >= 0.6 is 0 Å². The van der Waals surface area contributed by atoms with E-state index >= 15 is 0 Å². The molecule has 0 saturated carbocycles. The summed E-state index contributed by atoms with van der Waals surface area (Å²) in [7, 11) is -3.02. The Morgan fingerprint density at radius 2 is 1.47 bits per heavy atom. The first-order chi connectivity index (χ1) is 8.27. The summed E-state index contributed by atoms with van der Waals surface area (Å²) in [6, 6.07) is 0.434. The number of hydrogen-bond donors (Lipinski definition) is 1. The van der Waals surface area contributed by atoms with Gasteiger partial charge in [-0.15, -0.1) is 0 Å². The van der Waals surface area contributed by atoms with Crippen LogP contribution in [0.5, 0.6) is 0 Å². The van der Waals surface area contributed by atoms with Crippen LogP contribution in [0, 0.1) is 11.3 Å². The number of sulfone groups is 1. The van der Waals surface area contributed by atoms with E-state index < -0.39 is 14.6 Å². The second kappa shape index (κ2) is 6.57. The third-order valence-corrected chi connectivity index (χ3v) is 6.30. The van der Waals surface area contributed by atoms with E-state index in [1.54, 1.807) is 20.8 Å². The van der Waals surface area contributed by atoms with Gasteiger partial charge in [-0.05, 0) is 45.1 Å². The minimum absolute atomic E-state index is 0.120. The highest BCUT2D eigenvalue weighted by atomic mass is 32.2. The van der Waals surface area contributed by atoms with Crippen LogP contribution in [-0.4, -0.2) is 31.5 Å². The molecular formula is C15H33NO2S. The molecule has 0 bridgehead atoms. The zero-order chi connectivity index (χ0) is 15.5. The molecule has 0 aromatic heterocycles. The zero-order valence-electron chi connectivity index (χ0n) is 14.0. The lowest BCUT2D eigenvalue weighted by atomic mass is 9.79. The number of hydrogen-bond acceptors (Lipinski definition) is 3. The fourth-order valence-corrected chi connectivity index (χ4v) is 3.03. The lowest BCUT2D eigenvalue weighted by molar-refractivity contribution is 0.222. The Balaban J connectivity index is 4.69. The Morgan fingerprint density at radius 3 is 1.79 bits per heavy atom. The summed E-state index contributed by atoms with van der Waals surface area (Å²) in [6.07, 6.45) is 0.725. The maximum Gasteiger partial charge on any atom is 0.155 e. The number of rotatable bonds is 6. The molecule has 0 rings (SSSR count). The van der Waals surface area contributed by atoms with Crippen molar-refractivity contribution < 1.29 is 8.42 Å². The maximum atomic E-state index is 12.2. The first kappa shape index (κ1) is 18.9. The van der Waals surface area contributed by atoms with Gasteiger partial charge in [0.15, 0.2) is 9.84 Å². The van der Waals surface area contributed by atoms with Gasteiger partial charge < -0.3 is 5.32 Å². The van der Waals surface area contributed by atoms with Gasteiger partial charge in [-0.25, -0.2) is 8.42 Å². The van der Waals surface area contributed by atoms with Crippen LogP contribution < -0.4 is 5.32 Å². The molecule has 4 heteroatoms. The van der Waals surface area contributed by atoms with Gasteiger partial charge in [0.05, 0.1) is 10.5 Å². The molecule has 0 heterocycles. The fraction of sp³-hybridized carbons (Fsp3) is 1.00. The van der Waals surface area contributed by atoms with Crippen LogP contribution in [0.4, 0.5) is 0 Å². The fourth-order valence-electron chi connectivity index (χ4n) is 1.82. The SMILES string of the molecule is CC(C)NCC(CCS(=O)(=O)C(C)(C)C)C(C)(C)C. The molecule has 0 aliphatic heterocycles. The normalized spacial score (nSPS) is 15.8. The van der Waals surface area contributed by atoms with Gasteiger partial charge >= 0.3 is 0 Å². The molecule has 1 unspecified atom stereocenters. The highest BCUT2D eigenvalue weighted by molar-refractivity contribution is 7.92. The van der Waals surface area contributed by atoms with Crippen LogP contribution in [0.3, 0.4) is 0 Å². The minimum atomic E-state index is -3.02. The van der Waals surface area contributed by atoms with E-state index in [4.69, 9.17) is 0 Å². The molecule has 0 spiro atoms. The van der Waals surface area contributed by atoms with Gasteiger partial charge in [0.25, 0.3) is 0 Å². The van der Waals surface area contributed by atoms with Crippen molar-refractivity contribution in [3.05, 3.63) is 0 Å². The third kappa shape index (κ3) is 6.75. The lowest BCUT2D eigenvalue weighted by Gasteiger charge is -2.32. The Hall–Kier alpha value is -0.0900. The van der Waals surface area contributed by atoms with Crippen molar-refractivity contribution in [1.82, 2.24) is 5.32 Å². The van der Waals surface area contributed by atoms with E-state index in [0.29, 0.717) is 12.0 Å². The summed E-state index contributed by atoms with van der Waals surface area (Å²) >= 11 is 0. The van der Waals surface area contributed by atoms with Gasteiger partial charge in [0.1, 0.15) is 0 Å². The average Bonchev–Trinajstić information content (AvgIpc) is 2.12. The third-order valence-electron chi connectivity index (χ3n) is 3.67. The molecule has 0 saturated heterocycles. The molecule has 0 aromatic carbocycles. The number of nitrogens with one attached hydrogen (secondary N) is 1. The summed E-state index contributed by atoms with van der Waals surface area (Å²) in [5, 5.41) is 3.43. The molecule has 1 atom stereocenters. The van der Waals surface area contributed by atoms with Crippen LogP contribution in [0.15, 0.2) is 0 Å². The highest BCUT2D eigenvalue weighted by Crippen LogP contribution is 2.30. The second-order valence-electron chi connectivity index (χ2n) is 7.85. The van der Waals surface area contributed by atoms with Crippen LogP contribution in [0.2, 0.25) is 0 Å². The Bertz CT molecular complexity index is 359. The summed E-state index contributed by atoms with van der Waals surface area (Å²) in [5.74, 6) is 0.644. The molecule has 116 valence electrons. The Labute approximate surface area is 120 Å². The van der Waals surface area contributed by atoms with Gasteiger partial charge in [0, 0.05) is 6.04 Å². The van der Waals surface area contributed by atoms with E-state index in [0.717, 1.165) is 13.0 Å². The van der Waals surface area contributed by atoms with Crippen LogP contribution in [-0.2, 0) is 9.84 Å². The summed E-state index contributed by atoms with van der Waals surface area (Å²) < 4.78 is 23.8. The predicted molar refractivity (Wildman–Crippen MR) is 84.2 cm³/mol. The minimum Gasteiger partial charge on any atom is -0.314 e. The molecule has 0 fully saturated rings. The molecule has 0 aromatic rings. The van der Waals surface area contributed by atoms with Crippen molar-refractivity contribution in [2.75, 3.05) is 12.3 Å². The second-order valence-corrected chi connectivity index (χ2v) is 10.7. The summed E-state index contributed by atoms with van der Waals surface area (Å²) in [5.41, 5.74) is 0.120. The zero-order valence-corrected chi connectivity index (χ0v) is 14.8. The van der Waals surface area contributed by atoms with E-state index in [-0.39, 0.29) is 11.2 Å². The smallest absolute Gasteiger partial charge is 0.155 e. The average molecular weight is 292 g/mol. The van der Waals surface area contributed by atoms with Crippen molar-refractivity contribution in [1.29, 1.82) is 0 Å². The maximum absolute atomic E-state index is 12.2. The molecule has 3 nitrogen and oxygen atoms in total. The van der Waals surface area contributed by atoms with Crippen molar-refractivity contribution in [3.63, 3.8) is 0 Å². The monoisotopic (exact) mass is 291 g/mol. The highest BCUT2D eigenvalue weighted by Gasteiger charge is 2.32. The molecule has 0 radical (unpaired) electrons. The molecular weight excluding hydrogens is 258 g/mol. The van der Waals surface area contributed by atoms with Crippen LogP contribution in [0.25, 0.3) is 0 Å². The van der Waals surface area contributed by atoms with Gasteiger partial charge in [-0.1, -0.05) is 34.6 Å². The predicted octanol–water partition coefficient (Wildman–Crippen LogP) is 3.25. The lowest BCUT2D eigenvalue weighted by Crippen LogP contribution is -2.38. The van der Waals surface area contributed by atoms with E-state index in [9.17, 15) is 8.42 Å². The van der Waals surface area contributed by atoms with Gasteiger partial charge in [0.2, 0.25) is 0 Å². The summed E-state index contributed by atoms with van der Waals surface area (Å²) in [4.78, 5) is 0. The molecule has 19 heavy (non-hydrogen) atoms. The first-order valence-electron chi connectivity index (χ1n) is 7.23. The van der Waals surface area contributed by atoms with E-state index in [1.807, 2.05) is 0 Å². The largest absolute Gasteiger partial charge is 0.314 e. The molecule has 0 amide bonds. The van der Waals surface area contributed by atoms with Crippen molar-refractivity contribution in [2.45, 2.75) is 72.6 Å². The Kier molecular flexibility index (Phi) is 6.54. The van der Waals surface area contributed by atoms with E-state index in [1.165, 1.54) is 0 Å². The van der Waals surface area contributed by atoms with Gasteiger partial charge in [-0.3, -0.25) is 0 Å². The summed E-state index contributed by atoms with van der Waals surface area (Å²) in [6.45, 7) is 17.0. The van der Waals surface area contributed by atoms with Gasteiger partial charge in [-0.2, -0.15) is 0 Å². The molecule has 0 aliphatic rings. The van der Waals surface area contributed by atoms with Crippen molar-refractivity contribution in [2.24, 2.45) is 11.3 Å². The molecule has 0 aliphatic carbocycles. The van der Waals surface area contributed by atoms with Crippen LogP contribution in [0.1, 0.15) is 61.8 Å². The Morgan fingerprint density at radius 1 is 1.00 bits per heavy atom. The van der Waals surface area contributed by atoms with Crippen molar-refractivity contribution in [3.8, 4) is 0 Å². The first-order valence-corrected chi connectivity index (χ1v) is 8.88. The topological polar surface area (TPSA) is 46.2 Å². The van der Waals surface area contributed by atoms with Crippen molar-refractivity contribution >= 4 is 9.84 Å².